The molecule has 0 spiro atoms. The predicted octanol–water partition coefficient (Wildman–Crippen LogP) is 6.81. The van der Waals surface area contributed by atoms with E-state index in [9.17, 15) is 9.59 Å². The Morgan fingerprint density at radius 1 is 0.833 bits per heavy atom. The highest BCUT2D eigenvalue weighted by Crippen LogP contribution is 2.29. The molecule has 0 heterocycles. The van der Waals surface area contributed by atoms with Gasteiger partial charge in [0, 0.05) is 25.4 Å². The Balaban J connectivity index is 1.59. The molecule has 1 atom stereocenters. The van der Waals surface area contributed by atoms with Gasteiger partial charge in [-0.25, -0.2) is 0 Å². The van der Waals surface area contributed by atoms with Crippen molar-refractivity contribution < 1.29 is 19.1 Å². The lowest BCUT2D eigenvalue weighted by atomic mass is 9.94. The Labute approximate surface area is 251 Å². The second kappa shape index (κ2) is 16.0. The van der Waals surface area contributed by atoms with Crippen molar-refractivity contribution in [3.8, 4) is 11.5 Å². The Morgan fingerprint density at radius 2 is 1.50 bits per heavy atom. The first-order valence-corrected chi connectivity index (χ1v) is 15.5. The summed E-state index contributed by atoms with van der Waals surface area (Å²) in [6, 6.07) is 23.6. The lowest BCUT2D eigenvalue weighted by Crippen LogP contribution is -2.52. The van der Waals surface area contributed by atoms with Crippen molar-refractivity contribution in [1.82, 2.24) is 10.2 Å². The van der Waals surface area contributed by atoms with E-state index in [1.807, 2.05) is 62.4 Å². The minimum atomic E-state index is -0.609. The molecule has 3 aromatic rings. The average molecular weight is 571 g/mol. The SMILES string of the molecule is CCOc1ccc(CCC(=O)N(Cc2ccc(C)cc2)C(Cc2ccccc2)C(=O)NC2CCCCC2)cc1OCC. The summed E-state index contributed by atoms with van der Waals surface area (Å²) in [5.41, 5.74) is 4.21. The smallest absolute Gasteiger partial charge is 0.243 e. The van der Waals surface area contributed by atoms with Crippen LogP contribution in [0.25, 0.3) is 0 Å². The Kier molecular flexibility index (Phi) is 11.9. The van der Waals surface area contributed by atoms with Crippen LogP contribution in [0.4, 0.5) is 0 Å². The van der Waals surface area contributed by atoms with Crippen LogP contribution in [0.2, 0.25) is 0 Å². The monoisotopic (exact) mass is 570 g/mol. The van der Waals surface area contributed by atoms with Crippen LogP contribution < -0.4 is 14.8 Å². The molecule has 42 heavy (non-hydrogen) atoms. The number of amides is 2. The zero-order valence-corrected chi connectivity index (χ0v) is 25.4. The molecular formula is C36H46N2O4. The molecule has 0 saturated heterocycles. The molecule has 3 aromatic carbocycles. The Hall–Kier alpha value is -3.80. The van der Waals surface area contributed by atoms with Crippen molar-refractivity contribution >= 4 is 11.8 Å². The molecule has 6 heteroatoms. The minimum Gasteiger partial charge on any atom is -0.490 e. The van der Waals surface area contributed by atoms with Crippen molar-refractivity contribution in [3.63, 3.8) is 0 Å². The summed E-state index contributed by atoms with van der Waals surface area (Å²) >= 11 is 0. The second-order valence-electron chi connectivity index (χ2n) is 11.2. The fourth-order valence-electron chi connectivity index (χ4n) is 5.63. The molecule has 1 aliphatic carbocycles. The molecule has 0 aliphatic heterocycles. The first kappa shape index (κ1) is 31.1. The van der Waals surface area contributed by atoms with Crippen LogP contribution in [0.1, 0.15) is 74.6 Å². The third-order valence-electron chi connectivity index (χ3n) is 7.93. The highest BCUT2D eigenvalue weighted by Gasteiger charge is 2.31. The molecule has 4 rings (SSSR count). The van der Waals surface area contributed by atoms with Crippen LogP contribution in [-0.2, 0) is 29.0 Å². The molecule has 1 N–H and O–H groups in total. The van der Waals surface area contributed by atoms with Crippen molar-refractivity contribution in [2.75, 3.05) is 13.2 Å². The molecule has 1 saturated carbocycles. The molecule has 0 bridgehead atoms. The van der Waals surface area contributed by atoms with Gasteiger partial charge in [0.25, 0.3) is 0 Å². The number of hydrogen-bond acceptors (Lipinski definition) is 4. The second-order valence-corrected chi connectivity index (χ2v) is 11.2. The predicted molar refractivity (Wildman–Crippen MR) is 168 cm³/mol. The summed E-state index contributed by atoms with van der Waals surface area (Å²) in [6.07, 6.45) is 6.76. The zero-order valence-electron chi connectivity index (χ0n) is 25.4. The molecule has 0 aromatic heterocycles. The van der Waals surface area contributed by atoms with E-state index in [4.69, 9.17) is 9.47 Å². The van der Waals surface area contributed by atoms with Crippen molar-refractivity contribution in [1.29, 1.82) is 0 Å². The van der Waals surface area contributed by atoms with Crippen molar-refractivity contribution in [2.24, 2.45) is 0 Å². The van der Waals surface area contributed by atoms with Gasteiger partial charge in [-0.3, -0.25) is 9.59 Å². The molecule has 224 valence electrons. The largest absolute Gasteiger partial charge is 0.490 e. The van der Waals surface area contributed by atoms with Gasteiger partial charge >= 0.3 is 0 Å². The summed E-state index contributed by atoms with van der Waals surface area (Å²) in [5.74, 6) is 1.29. The number of rotatable bonds is 14. The number of benzene rings is 3. The van der Waals surface area contributed by atoms with E-state index in [2.05, 4.69) is 36.5 Å². The molecule has 0 radical (unpaired) electrons. The van der Waals surface area contributed by atoms with Crippen LogP contribution in [0.15, 0.2) is 72.8 Å². The van der Waals surface area contributed by atoms with Crippen LogP contribution in [0.5, 0.6) is 11.5 Å². The molecule has 2 amide bonds. The van der Waals surface area contributed by atoms with Gasteiger partial charge in [-0.05, 0) is 68.9 Å². The van der Waals surface area contributed by atoms with Gasteiger partial charge in [-0.2, -0.15) is 0 Å². The summed E-state index contributed by atoms with van der Waals surface area (Å²) in [4.78, 5) is 29.8. The number of nitrogens with one attached hydrogen (secondary N) is 1. The van der Waals surface area contributed by atoms with Gasteiger partial charge in [-0.1, -0.05) is 85.5 Å². The van der Waals surface area contributed by atoms with Crippen LogP contribution in [0.3, 0.4) is 0 Å². The lowest BCUT2D eigenvalue weighted by molar-refractivity contribution is -0.141. The molecular weight excluding hydrogens is 524 g/mol. The number of ether oxygens (including phenoxy) is 2. The van der Waals surface area contributed by atoms with E-state index in [1.54, 1.807) is 4.90 Å². The zero-order chi connectivity index (χ0) is 29.7. The van der Waals surface area contributed by atoms with Gasteiger partial charge in [0.1, 0.15) is 6.04 Å². The highest BCUT2D eigenvalue weighted by molar-refractivity contribution is 5.88. The maximum atomic E-state index is 14.1. The van der Waals surface area contributed by atoms with Crippen molar-refractivity contribution in [3.05, 3.63) is 95.1 Å². The number of carbonyl (C=O) groups is 2. The van der Waals surface area contributed by atoms with Gasteiger partial charge in [0.15, 0.2) is 11.5 Å². The number of aryl methyl sites for hydroxylation is 2. The van der Waals surface area contributed by atoms with E-state index >= 15 is 0 Å². The fraction of sp³-hybridized carbons (Fsp3) is 0.444. The van der Waals surface area contributed by atoms with Gasteiger partial charge in [0.05, 0.1) is 13.2 Å². The third kappa shape index (κ3) is 9.10. The first-order valence-electron chi connectivity index (χ1n) is 15.5. The summed E-state index contributed by atoms with van der Waals surface area (Å²) in [7, 11) is 0. The molecule has 1 unspecified atom stereocenters. The minimum absolute atomic E-state index is 0.0397. The molecule has 1 aliphatic rings. The Morgan fingerprint density at radius 3 is 2.19 bits per heavy atom. The topological polar surface area (TPSA) is 67.9 Å². The fourth-order valence-corrected chi connectivity index (χ4v) is 5.63. The normalized spacial score (nSPS) is 14.2. The van der Waals surface area contributed by atoms with Crippen LogP contribution >= 0.6 is 0 Å². The van der Waals surface area contributed by atoms with Gasteiger partial charge in [0.2, 0.25) is 11.8 Å². The van der Waals surface area contributed by atoms with Crippen LogP contribution in [-0.4, -0.2) is 42.0 Å². The highest BCUT2D eigenvalue weighted by atomic mass is 16.5. The van der Waals surface area contributed by atoms with Gasteiger partial charge < -0.3 is 19.7 Å². The van der Waals surface area contributed by atoms with E-state index in [-0.39, 0.29) is 24.3 Å². The van der Waals surface area contributed by atoms with E-state index < -0.39 is 6.04 Å². The summed E-state index contributed by atoms with van der Waals surface area (Å²) in [5, 5.41) is 3.32. The molecule has 1 fully saturated rings. The number of hydrogen-bond donors (Lipinski definition) is 1. The first-order chi connectivity index (χ1) is 20.5. The van der Waals surface area contributed by atoms with E-state index in [1.165, 1.54) is 6.42 Å². The maximum absolute atomic E-state index is 14.1. The van der Waals surface area contributed by atoms with Crippen molar-refractivity contribution in [2.45, 2.75) is 90.8 Å². The average Bonchev–Trinajstić information content (AvgIpc) is 3.01. The number of nitrogens with zero attached hydrogens (tertiary/aromatic N) is 1. The van der Waals surface area contributed by atoms with Crippen LogP contribution in [0, 0.1) is 6.92 Å². The Bertz CT molecular complexity index is 1270. The standard InChI is InChI=1S/C36H46N2O4/c1-4-41-33-22-20-29(25-34(33)42-5-2)21-23-35(39)38(26-30-18-16-27(3)17-19-30)32(24-28-12-8-6-9-13-28)36(40)37-31-14-10-7-11-15-31/h6,8-9,12-13,16-20,22,25,31-32H,4-5,7,10-11,14-15,21,23-24,26H2,1-3H3,(H,37,40). The lowest BCUT2D eigenvalue weighted by Gasteiger charge is -2.33. The third-order valence-corrected chi connectivity index (χ3v) is 7.93. The maximum Gasteiger partial charge on any atom is 0.243 e. The van der Waals surface area contributed by atoms with Gasteiger partial charge in [-0.15, -0.1) is 0 Å². The summed E-state index contributed by atoms with van der Waals surface area (Å²) < 4.78 is 11.5. The van der Waals surface area contributed by atoms with E-state index in [0.717, 1.165) is 47.9 Å². The molecule has 6 nitrogen and oxygen atoms in total. The van der Waals surface area contributed by atoms with E-state index in [0.29, 0.717) is 44.1 Å². The summed E-state index contributed by atoms with van der Waals surface area (Å²) in [6.45, 7) is 7.40. The number of carbonyl (C=O) groups excluding carboxylic acids is 2. The quantitative estimate of drug-likeness (QED) is 0.231.